The second-order valence-corrected chi connectivity index (χ2v) is 6.94. The maximum Gasteiger partial charge on any atom is 0.242 e. The van der Waals surface area contributed by atoms with E-state index in [1.165, 1.54) is 12.8 Å². The summed E-state index contributed by atoms with van der Waals surface area (Å²) < 4.78 is 0. The molecule has 3 N–H and O–H groups in total. The van der Waals surface area contributed by atoms with Crippen LogP contribution >= 0.6 is 12.4 Å². The molecule has 22 heavy (non-hydrogen) atoms. The summed E-state index contributed by atoms with van der Waals surface area (Å²) in [6.45, 7) is 5.41. The lowest BCUT2D eigenvalue weighted by Gasteiger charge is -2.35. The molecule has 6 heteroatoms. The van der Waals surface area contributed by atoms with Crippen LogP contribution in [-0.4, -0.2) is 41.9 Å². The summed E-state index contributed by atoms with van der Waals surface area (Å²) in [5.74, 6) is 1.04. The van der Waals surface area contributed by atoms with E-state index < -0.39 is 0 Å². The van der Waals surface area contributed by atoms with Crippen molar-refractivity contribution >= 4 is 24.2 Å². The lowest BCUT2D eigenvalue weighted by molar-refractivity contribution is -0.143. The van der Waals surface area contributed by atoms with Crippen molar-refractivity contribution in [3.63, 3.8) is 0 Å². The number of nitrogens with one attached hydrogen (secondary N) is 1. The average molecular weight is 332 g/mol. The van der Waals surface area contributed by atoms with Crippen LogP contribution in [0.3, 0.4) is 0 Å². The van der Waals surface area contributed by atoms with Gasteiger partial charge in [0.1, 0.15) is 6.04 Å². The fourth-order valence-corrected chi connectivity index (χ4v) is 3.01. The molecule has 0 bridgehead atoms. The fourth-order valence-electron chi connectivity index (χ4n) is 3.01. The number of carbonyl (C=O) groups excluding carboxylic acids is 2. The molecule has 0 radical (unpaired) electrons. The van der Waals surface area contributed by atoms with E-state index in [-0.39, 0.29) is 36.3 Å². The predicted octanol–water partition coefficient (Wildman–Crippen LogP) is 1.69. The van der Waals surface area contributed by atoms with E-state index in [0.29, 0.717) is 31.3 Å². The van der Waals surface area contributed by atoms with E-state index in [1.54, 1.807) is 4.90 Å². The van der Waals surface area contributed by atoms with E-state index in [9.17, 15) is 9.59 Å². The molecular weight excluding hydrogens is 302 g/mol. The molecule has 2 rings (SSSR count). The van der Waals surface area contributed by atoms with Gasteiger partial charge in [0.05, 0.1) is 0 Å². The molecule has 0 spiro atoms. The lowest BCUT2D eigenvalue weighted by Crippen LogP contribution is -2.53. The maximum absolute atomic E-state index is 12.5. The van der Waals surface area contributed by atoms with Crippen LogP contribution in [0.5, 0.6) is 0 Å². The molecule has 1 heterocycles. The smallest absolute Gasteiger partial charge is 0.242 e. The highest BCUT2D eigenvalue weighted by Crippen LogP contribution is 2.31. The molecule has 2 atom stereocenters. The van der Waals surface area contributed by atoms with Crippen LogP contribution in [0, 0.1) is 11.8 Å². The van der Waals surface area contributed by atoms with Crippen LogP contribution in [0.25, 0.3) is 0 Å². The van der Waals surface area contributed by atoms with Crippen LogP contribution < -0.4 is 11.1 Å². The number of halogens is 1. The molecule has 1 aliphatic heterocycles. The first kappa shape index (κ1) is 19.2. The minimum absolute atomic E-state index is 0. The zero-order chi connectivity index (χ0) is 15.4. The lowest BCUT2D eigenvalue weighted by atomic mass is 9.98. The third-order valence-electron chi connectivity index (χ3n) is 4.47. The summed E-state index contributed by atoms with van der Waals surface area (Å²) in [7, 11) is 0. The minimum atomic E-state index is -0.329. The van der Waals surface area contributed by atoms with Gasteiger partial charge in [-0.15, -0.1) is 12.4 Å². The van der Waals surface area contributed by atoms with Crippen LogP contribution in [0.2, 0.25) is 0 Å². The van der Waals surface area contributed by atoms with Crippen LogP contribution in [0.4, 0.5) is 0 Å². The molecule has 2 amide bonds. The van der Waals surface area contributed by atoms with Gasteiger partial charge in [-0.05, 0) is 43.9 Å². The van der Waals surface area contributed by atoms with Gasteiger partial charge in [0.15, 0.2) is 0 Å². The van der Waals surface area contributed by atoms with Crippen molar-refractivity contribution in [3.05, 3.63) is 0 Å². The average Bonchev–Trinajstić information content (AvgIpc) is 3.27. The van der Waals surface area contributed by atoms with Crippen LogP contribution in [0.1, 0.15) is 52.4 Å². The summed E-state index contributed by atoms with van der Waals surface area (Å²) >= 11 is 0. The molecule has 1 saturated carbocycles. The van der Waals surface area contributed by atoms with Gasteiger partial charge in [0, 0.05) is 25.6 Å². The molecule has 1 aliphatic carbocycles. The Morgan fingerprint density at radius 1 is 1.36 bits per heavy atom. The highest BCUT2D eigenvalue weighted by molar-refractivity contribution is 5.88. The van der Waals surface area contributed by atoms with Gasteiger partial charge in [-0.3, -0.25) is 9.59 Å². The molecule has 0 aromatic carbocycles. The molecule has 5 nitrogen and oxygen atoms in total. The molecule has 2 fully saturated rings. The normalized spacial score (nSPS) is 21.3. The Morgan fingerprint density at radius 3 is 2.59 bits per heavy atom. The number of hydrogen-bond donors (Lipinski definition) is 2. The van der Waals surface area contributed by atoms with Gasteiger partial charge in [0.25, 0.3) is 0 Å². The van der Waals surface area contributed by atoms with Crippen molar-refractivity contribution in [1.29, 1.82) is 0 Å². The van der Waals surface area contributed by atoms with Gasteiger partial charge in [-0.1, -0.05) is 13.8 Å². The Balaban J connectivity index is 0.00000242. The van der Waals surface area contributed by atoms with Gasteiger partial charge in [-0.2, -0.15) is 0 Å². The highest BCUT2D eigenvalue weighted by Gasteiger charge is 2.33. The molecule has 2 unspecified atom stereocenters. The highest BCUT2D eigenvalue weighted by atomic mass is 35.5. The van der Waals surface area contributed by atoms with Crippen LogP contribution in [0.15, 0.2) is 0 Å². The Morgan fingerprint density at radius 2 is 2.05 bits per heavy atom. The predicted molar refractivity (Wildman–Crippen MR) is 89.8 cm³/mol. The Hall–Kier alpha value is -0.810. The van der Waals surface area contributed by atoms with Crippen molar-refractivity contribution in [2.24, 2.45) is 17.6 Å². The number of amides is 2. The van der Waals surface area contributed by atoms with Gasteiger partial charge in [0.2, 0.25) is 11.8 Å². The van der Waals surface area contributed by atoms with Crippen molar-refractivity contribution in [1.82, 2.24) is 10.2 Å². The standard InChI is InChI=1S/C16H29N3O2.ClH/c1-11(2)9-14(19-8-4-3-5-15(19)20)16(21)18-10-13(17)12-6-7-12;/h11-14H,3-10,17H2,1-2H3,(H,18,21);1H. The quantitative estimate of drug-likeness (QED) is 0.745. The van der Waals surface area contributed by atoms with Crippen molar-refractivity contribution in [2.45, 2.75) is 64.5 Å². The molecule has 128 valence electrons. The first-order valence-corrected chi connectivity index (χ1v) is 8.31. The summed E-state index contributed by atoms with van der Waals surface area (Å²) in [5.41, 5.74) is 6.04. The van der Waals surface area contributed by atoms with Crippen LogP contribution in [-0.2, 0) is 9.59 Å². The Bertz CT molecular complexity index is 386. The first-order chi connectivity index (χ1) is 9.99. The number of rotatable bonds is 7. The van der Waals surface area contributed by atoms with E-state index in [4.69, 9.17) is 5.73 Å². The van der Waals surface area contributed by atoms with Gasteiger partial charge < -0.3 is 16.0 Å². The van der Waals surface area contributed by atoms with E-state index in [1.807, 2.05) is 0 Å². The van der Waals surface area contributed by atoms with Crippen molar-refractivity contribution in [3.8, 4) is 0 Å². The SMILES string of the molecule is CC(C)CC(C(=O)NCC(N)C1CC1)N1CCCCC1=O.Cl. The fraction of sp³-hybridized carbons (Fsp3) is 0.875. The summed E-state index contributed by atoms with van der Waals surface area (Å²) in [6.07, 6.45) is 5.58. The molecule has 0 aromatic rings. The topological polar surface area (TPSA) is 75.4 Å². The van der Waals surface area contributed by atoms with Crippen molar-refractivity contribution < 1.29 is 9.59 Å². The number of carbonyl (C=O) groups is 2. The third kappa shape index (κ3) is 5.43. The third-order valence-corrected chi connectivity index (χ3v) is 4.47. The number of nitrogens with zero attached hydrogens (tertiary/aromatic N) is 1. The maximum atomic E-state index is 12.5. The number of likely N-dealkylation sites (tertiary alicyclic amines) is 1. The monoisotopic (exact) mass is 331 g/mol. The van der Waals surface area contributed by atoms with Gasteiger partial charge >= 0.3 is 0 Å². The van der Waals surface area contributed by atoms with Crippen molar-refractivity contribution in [2.75, 3.05) is 13.1 Å². The molecule has 2 aliphatic rings. The molecule has 0 aromatic heterocycles. The second kappa shape index (κ2) is 8.73. The molecule has 1 saturated heterocycles. The van der Waals surface area contributed by atoms with E-state index in [0.717, 1.165) is 19.3 Å². The first-order valence-electron chi connectivity index (χ1n) is 8.31. The second-order valence-electron chi connectivity index (χ2n) is 6.94. The Labute approximate surface area is 139 Å². The number of nitrogens with two attached hydrogens (primary N) is 1. The Kier molecular flexibility index (Phi) is 7.63. The zero-order valence-corrected chi connectivity index (χ0v) is 14.5. The van der Waals surface area contributed by atoms with E-state index in [2.05, 4.69) is 19.2 Å². The summed E-state index contributed by atoms with van der Waals surface area (Å²) in [6, 6.07) is -0.269. The largest absolute Gasteiger partial charge is 0.353 e. The molecular formula is C16H30ClN3O2. The number of piperidine rings is 1. The number of hydrogen-bond acceptors (Lipinski definition) is 3. The van der Waals surface area contributed by atoms with E-state index >= 15 is 0 Å². The minimum Gasteiger partial charge on any atom is -0.353 e. The summed E-state index contributed by atoms with van der Waals surface area (Å²) in [4.78, 5) is 26.4. The van der Waals surface area contributed by atoms with Gasteiger partial charge in [-0.25, -0.2) is 0 Å². The zero-order valence-electron chi connectivity index (χ0n) is 13.7. The summed E-state index contributed by atoms with van der Waals surface area (Å²) in [5, 5.41) is 2.97.